The van der Waals surface area contributed by atoms with Crippen molar-refractivity contribution in [3.05, 3.63) is 0 Å². The van der Waals surface area contributed by atoms with E-state index in [9.17, 15) is 4.79 Å². The lowest BCUT2D eigenvalue weighted by atomic mass is 9.91. The Morgan fingerprint density at radius 1 is 1.18 bits per heavy atom. The van der Waals surface area contributed by atoms with Gasteiger partial charge in [0, 0.05) is 19.6 Å². The smallest absolute Gasteiger partial charge is 0.237 e. The summed E-state index contributed by atoms with van der Waals surface area (Å²) in [7, 11) is 0. The summed E-state index contributed by atoms with van der Waals surface area (Å²) < 4.78 is 5.40. The van der Waals surface area contributed by atoms with Crippen LogP contribution in [0.2, 0.25) is 0 Å². The van der Waals surface area contributed by atoms with Gasteiger partial charge in [-0.05, 0) is 25.3 Å². The molecule has 0 aromatic heterocycles. The number of amides is 1. The number of nitrogens with two attached hydrogens (primary N) is 1. The average molecular weight is 358 g/mol. The van der Waals surface area contributed by atoms with Crippen molar-refractivity contribution < 1.29 is 9.53 Å². The summed E-state index contributed by atoms with van der Waals surface area (Å²) in [5.74, 6) is 0.597. The summed E-state index contributed by atoms with van der Waals surface area (Å²) in [5, 5.41) is 3.09. The summed E-state index contributed by atoms with van der Waals surface area (Å²) in [6, 6.07) is -0.00761. The molecular weight excluding hydrogens is 325 g/mol. The highest BCUT2D eigenvalue weighted by Crippen LogP contribution is 2.20. The SMILES string of the molecule is CCC(CC)C(C(=O)NCCCCN)N1CCOCC1.Cl.Cl. The summed E-state index contributed by atoms with van der Waals surface area (Å²) in [6.45, 7) is 8.95. The maximum atomic E-state index is 12.5. The van der Waals surface area contributed by atoms with Crippen molar-refractivity contribution >= 4 is 30.7 Å². The number of hydrogen-bond acceptors (Lipinski definition) is 4. The van der Waals surface area contributed by atoms with Crippen LogP contribution in [0.1, 0.15) is 39.5 Å². The molecule has 22 heavy (non-hydrogen) atoms. The third-order valence-electron chi connectivity index (χ3n) is 4.13. The van der Waals surface area contributed by atoms with Gasteiger partial charge < -0.3 is 15.8 Å². The van der Waals surface area contributed by atoms with Crippen LogP contribution in [0.25, 0.3) is 0 Å². The maximum absolute atomic E-state index is 12.5. The molecule has 1 aliphatic rings. The minimum atomic E-state index is -0.00761. The Morgan fingerprint density at radius 3 is 2.27 bits per heavy atom. The fraction of sp³-hybridized carbons (Fsp3) is 0.933. The number of rotatable bonds is 9. The van der Waals surface area contributed by atoms with Gasteiger partial charge in [-0.3, -0.25) is 9.69 Å². The highest BCUT2D eigenvalue weighted by molar-refractivity contribution is 5.85. The van der Waals surface area contributed by atoms with Crippen molar-refractivity contribution in [1.82, 2.24) is 10.2 Å². The van der Waals surface area contributed by atoms with Crippen LogP contribution in [-0.4, -0.2) is 56.2 Å². The minimum Gasteiger partial charge on any atom is -0.379 e. The average Bonchev–Trinajstić information content (AvgIpc) is 2.49. The van der Waals surface area contributed by atoms with E-state index in [1.807, 2.05) is 0 Å². The van der Waals surface area contributed by atoms with E-state index in [1.54, 1.807) is 0 Å². The molecule has 0 bridgehead atoms. The molecule has 1 unspecified atom stereocenters. The summed E-state index contributed by atoms with van der Waals surface area (Å²) >= 11 is 0. The molecule has 1 rings (SSSR count). The molecule has 0 spiro atoms. The fourth-order valence-corrected chi connectivity index (χ4v) is 2.85. The molecule has 1 heterocycles. The first kappa shape index (κ1) is 24.2. The van der Waals surface area contributed by atoms with Crippen molar-refractivity contribution in [2.45, 2.75) is 45.6 Å². The first-order chi connectivity index (χ1) is 9.74. The number of nitrogens with one attached hydrogen (secondary N) is 1. The summed E-state index contributed by atoms with van der Waals surface area (Å²) in [4.78, 5) is 14.8. The van der Waals surface area contributed by atoms with Gasteiger partial charge in [0.25, 0.3) is 0 Å². The van der Waals surface area contributed by atoms with Gasteiger partial charge in [-0.2, -0.15) is 0 Å². The second-order valence-electron chi connectivity index (χ2n) is 5.46. The maximum Gasteiger partial charge on any atom is 0.237 e. The molecule has 7 heteroatoms. The molecule has 1 amide bonds. The third kappa shape index (κ3) is 7.97. The predicted octanol–water partition coefficient (Wildman–Crippen LogP) is 1.82. The zero-order chi connectivity index (χ0) is 14.8. The molecule has 0 saturated carbocycles. The minimum absolute atomic E-state index is 0. The Hall–Kier alpha value is -0.0700. The van der Waals surface area contributed by atoms with E-state index in [0.717, 1.165) is 58.5 Å². The van der Waals surface area contributed by atoms with E-state index in [4.69, 9.17) is 10.5 Å². The molecule has 5 nitrogen and oxygen atoms in total. The second kappa shape index (κ2) is 14.5. The van der Waals surface area contributed by atoms with Gasteiger partial charge in [-0.1, -0.05) is 26.7 Å². The van der Waals surface area contributed by atoms with Crippen LogP contribution in [0.3, 0.4) is 0 Å². The van der Waals surface area contributed by atoms with Gasteiger partial charge in [0.1, 0.15) is 0 Å². The quantitative estimate of drug-likeness (QED) is 0.617. The monoisotopic (exact) mass is 357 g/mol. The zero-order valence-electron chi connectivity index (χ0n) is 13.9. The van der Waals surface area contributed by atoms with Crippen LogP contribution in [0.15, 0.2) is 0 Å². The third-order valence-corrected chi connectivity index (χ3v) is 4.13. The summed E-state index contributed by atoms with van der Waals surface area (Å²) in [5.41, 5.74) is 5.48. The number of halogens is 2. The summed E-state index contributed by atoms with van der Waals surface area (Å²) in [6.07, 6.45) is 4.00. The fourth-order valence-electron chi connectivity index (χ4n) is 2.85. The normalized spacial score (nSPS) is 16.5. The first-order valence-electron chi connectivity index (χ1n) is 8.04. The molecule has 0 aliphatic carbocycles. The number of carbonyl (C=O) groups is 1. The van der Waals surface area contributed by atoms with Crippen molar-refractivity contribution in [2.75, 3.05) is 39.4 Å². The van der Waals surface area contributed by atoms with Gasteiger partial charge in [0.2, 0.25) is 5.91 Å². The molecule has 1 atom stereocenters. The Bertz CT molecular complexity index is 274. The van der Waals surface area contributed by atoms with Crippen molar-refractivity contribution in [2.24, 2.45) is 11.7 Å². The van der Waals surface area contributed by atoms with E-state index in [-0.39, 0.29) is 36.8 Å². The van der Waals surface area contributed by atoms with E-state index >= 15 is 0 Å². The molecule has 3 N–H and O–H groups in total. The number of ether oxygens (including phenoxy) is 1. The number of unbranched alkanes of at least 4 members (excludes halogenated alkanes) is 1. The van der Waals surface area contributed by atoms with E-state index < -0.39 is 0 Å². The Morgan fingerprint density at radius 2 is 1.77 bits per heavy atom. The van der Waals surface area contributed by atoms with Crippen molar-refractivity contribution in [3.63, 3.8) is 0 Å². The lowest BCUT2D eigenvalue weighted by molar-refractivity contribution is -0.130. The van der Waals surface area contributed by atoms with Gasteiger partial charge in [0.15, 0.2) is 0 Å². The van der Waals surface area contributed by atoms with Gasteiger partial charge in [0.05, 0.1) is 19.3 Å². The second-order valence-corrected chi connectivity index (χ2v) is 5.46. The van der Waals surface area contributed by atoms with Crippen LogP contribution < -0.4 is 11.1 Å². The predicted molar refractivity (Wildman–Crippen MR) is 96.0 cm³/mol. The highest BCUT2D eigenvalue weighted by atomic mass is 35.5. The molecule has 0 aromatic carbocycles. The Balaban J connectivity index is 0. The van der Waals surface area contributed by atoms with E-state index in [1.165, 1.54) is 0 Å². The first-order valence-corrected chi connectivity index (χ1v) is 8.04. The number of morpholine rings is 1. The van der Waals surface area contributed by atoms with Crippen LogP contribution in [-0.2, 0) is 9.53 Å². The van der Waals surface area contributed by atoms with Gasteiger partial charge >= 0.3 is 0 Å². The zero-order valence-corrected chi connectivity index (χ0v) is 15.5. The highest BCUT2D eigenvalue weighted by Gasteiger charge is 2.32. The number of nitrogens with zero attached hydrogens (tertiary/aromatic N) is 1. The largest absolute Gasteiger partial charge is 0.379 e. The van der Waals surface area contributed by atoms with Crippen LogP contribution in [0.4, 0.5) is 0 Å². The molecule has 134 valence electrons. The van der Waals surface area contributed by atoms with Crippen molar-refractivity contribution in [1.29, 1.82) is 0 Å². The molecular formula is C15H33Cl2N3O2. The number of hydrogen-bond donors (Lipinski definition) is 2. The van der Waals surface area contributed by atoms with Gasteiger partial charge in [-0.25, -0.2) is 0 Å². The lowest BCUT2D eigenvalue weighted by Gasteiger charge is -2.37. The van der Waals surface area contributed by atoms with Crippen molar-refractivity contribution in [3.8, 4) is 0 Å². The Kier molecular flexibility index (Phi) is 16.0. The van der Waals surface area contributed by atoms with Crippen LogP contribution in [0, 0.1) is 5.92 Å². The standard InChI is InChI=1S/C15H31N3O2.2ClH/c1-3-13(4-2)14(18-9-11-20-12-10-18)15(19)17-8-6-5-7-16;;/h13-14H,3-12,16H2,1-2H3,(H,17,19);2*1H. The van der Waals surface area contributed by atoms with E-state index in [2.05, 4.69) is 24.1 Å². The van der Waals surface area contributed by atoms with Gasteiger partial charge in [-0.15, -0.1) is 24.8 Å². The van der Waals surface area contributed by atoms with Crippen LogP contribution >= 0.6 is 24.8 Å². The van der Waals surface area contributed by atoms with E-state index in [0.29, 0.717) is 12.5 Å². The topological polar surface area (TPSA) is 67.6 Å². The molecule has 0 radical (unpaired) electrons. The molecule has 1 saturated heterocycles. The van der Waals surface area contributed by atoms with Crippen LogP contribution in [0.5, 0.6) is 0 Å². The molecule has 1 fully saturated rings. The Labute approximate surface area is 147 Å². The molecule has 1 aliphatic heterocycles. The lowest BCUT2D eigenvalue weighted by Crippen LogP contribution is -2.54. The molecule has 0 aromatic rings. The number of carbonyl (C=O) groups excluding carboxylic acids is 1.